The molecule has 1 atom stereocenters. The Kier molecular flexibility index (Phi) is 5.55. The monoisotopic (exact) mass is 318 g/mol. The van der Waals surface area contributed by atoms with Crippen molar-refractivity contribution in [2.24, 2.45) is 0 Å². The van der Waals surface area contributed by atoms with E-state index in [1.807, 2.05) is 37.5 Å². The van der Waals surface area contributed by atoms with E-state index < -0.39 is 0 Å². The van der Waals surface area contributed by atoms with Crippen molar-refractivity contribution in [3.63, 3.8) is 0 Å². The summed E-state index contributed by atoms with van der Waals surface area (Å²) in [5.74, 6) is -0.454. The molecule has 0 saturated heterocycles. The van der Waals surface area contributed by atoms with Gasteiger partial charge in [-0.15, -0.1) is 0 Å². The molecule has 0 spiro atoms. The second kappa shape index (κ2) is 7.42. The second-order valence-electron chi connectivity index (χ2n) is 5.84. The smallest absolute Gasteiger partial charge is 0.253 e. The third kappa shape index (κ3) is 3.99. The molecular weight excluding hydrogens is 295 g/mol. The molecule has 0 aliphatic carbocycles. The van der Waals surface area contributed by atoms with E-state index in [1.165, 1.54) is 12.1 Å². The molecule has 124 valence electrons. The van der Waals surface area contributed by atoms with Crippen molar-refractivity contribution in [2.45, 2.75) is 39.7 Å². The van der Waals surface area contributed by atoms with Gasteiger partial charge >= 0.3 is 0 Å². The van der Waals surface area contributed by atoms with Crippen molar-refractivity contribution in [3.8, 4) is 5.69 Å². The van der Waals surface area contributed by atoms with Gasteiger partial charge in [-0.1, -0.05) is 6.07 Å². The molecule has 0 saturated carbocycles. The van der Waals surface area contributed by atoms with Gasteiger partial charge in [0.15, 0.2) is 0 Å². The number of benzene rings is 1. The average molecular weight is 318 g/mol. The standard InChI is InChI=1S/C18H23FN2O2/c1-12(6-5-9-22)20-18(23)17-10-13(2)21(14(17)3)16-8-4-7-15(19)11-16/h4,7-8,10-12,22H,5-6,9H2,1-3H3,(H,20,23). The van der Waals surface area contributed by atoms with Gasteiger partial charge < -0.3 is 15.0 Å². The minimum Gasteiger partial charge on any atom is -0.396 e. The first kappa shape index (κ1) is 17.2. The van der Waals surface area contributed by atoms with E-state index >= 15 is 0 Å². The van der Waals surface area contributed by atoms with Crippen LogP contribution in [-0.4, -0.2) is 28.2 Å². The zero-order valence-electron chi connectivity index (χ0n) is 13.8. The summed E-state index contributed by atoms with van der Waals surface area (Å²) in [5.41, 5.74) is 2.94. The summed E-state index contributed by atoms with van der Waals surface area (Å²) < 4.78 is 15.3. The van der Waals surface area contributed by atoms with Crippen LogP contribution >= 0.6 is 0 Å². The second-order valence-corrected chi connectivity index (χ2v) is 5.84. The van der Waals surface area contributed by atoms with Crippen LogP contribution in [0.2, 0.25) is 0 Å². The van der Waals surface area contributed by atoms with Gasteiger partial charge in [0, 0.05) is 29.7 Å². The van der Waals surface area contributed by atoms with Crippen molar-refractivity contribution in [2.75, 3.05) is 6.61 Å². The van der Waals surface area contributed by atoms with Crippen molar-refractivity contribution in [3.05, 3.63) is 53.1 Å². The van der Waals surface area contributed by atoms with E-state index in [0.717, 1.165) is 17.8 Å². The molecule has 2 N–H and O–H groups in total. The van der Waals surface area contributed by atoms with E-state index in [2.05, 4.69) is 5.32 Å². The summed E-state index contributed by atoms with van der Waals surface area (Å²) >= 11 is 0. The number of rotatable bonds is 6. The molecule has 2 aromatic rings. The van der Waals surface area contributed by atoms with Crippen LogP contribution in [0.4, 0.5) is 4.39 Å². The molecular formula is C18H23FN2O2. The summed E-state index contributed by atoms with van der Waals surface area (Å²) in [6.45, 7) is 5.78. The van der Waals surface area contributed by atoms with E-state index in [4.69, 9.17) is 5.11 Å². The lowest BCUT2D eigenvalue weighted by atomic mass is 10.1. The summed E-state index contributed by atoms with van der Waals surface area (Å²) in [6.07, 6.45) is 1.38. The van der Waals surface area contributed by atoms with E-state index in [1.54, 1.807) is 6.07 Å². The third-order valence-electron chi connectivity index (χ3n) is 3.91. The van der Waals surface area contributed by atoms with E-state index in [-0.39, 0.29) is 24.4 Å². The van der Waals surface area contributed by atoms with Gasteiger partial charge in [-0.25, -0.2) is 4.39 Å². The van der Waals surface area contributed by atoms with Crippen LogP contribution in [0.25, 0.3) is 5.69 Å². The number of amides is 1. The lowest BCUT2D eigenvalue weighted by Crippen LogP contribution is -2.32. The maximum atomic E-state index is 13.5. The number of nitrogens with one attached hydrogen (secondary N) is 1. The summed E-state index contributed by atoms with van der Waals surface area (Å²) in [7, 11) is 0. The van der Waals surface area contributed by atoms with Crippen LogP contribution in [0.5, 0.6) is 0 Å². The summed E-state index contributed by atoms with van der Waals surface area (Å²) in [6, 6.07) is 8.12. The van der Waals surface area contributed by atoms with Gasteiger partial charge in [0.05, 0.1) is 5.56 Å². The van der Waals surface area contributed by atoms with Crippen LogP contribution in [0, 0.1) is 19.7 Å². The number of aryl methyl sites for hydroxylation is 1. The maximum Gasteiger partial charge on any atom is 0.253 e. The Balaban J connectivity index is 2.25. The topological polar surface area (TPSA) is 54.3 Å². The van der Waals surface area contributed by atoms with Crippen LogP contribution in [0.3, 0.4) is 0 Å². The largest absolute Gasteiger partial charge is 0.396 e. The number of hydrogen-bond donors (Lipinski definition) is 2. The Hall–Kier alpha value is -2.14. The molecule has 23 heavy (non-hydrogen) atoms. The minimum absolute atomic E-state index is 0.00752. The Morgan fingerprint density at radius 3 is 2.74 bits per heavy atom. The first-order chi connectivity index (χ1) is 10.9. The third-order valence-corrected chi connectivity index (χ3v) is 3.91. The van der Waals surface area contributed by atoms with Crippen molar-refractivity contribution in [1.29, 1.82) is 0 Å². The SMILES string of the molecule is Cc1cc(C(=O)NC(C)CCCO)c(C)n1-c1cccc(F)c1. The van der Waals surface area contributed by atoms with Crippen LogP contribution in [0.15, 0.2) is 30.3 Å². The Labute approximate surface area is 135 Å². The highest BCUT2D eigenvalue weighted by atomic mass is 19.1. The molecule has 1 unspecified atom stereocenters. The predicted octanol–water partition coefficient (Wildman–Crippen LogP) is 3.12. The highest BCUT2D eigenvalue weighted by Gasteiger charge is 2.18. The lowest BCUT2D eigenvalue weighted by Gasteiger charge is -2.14. The number of aliphatic hydroxyl groups excluding tert-OH is 1. The predicted molar refractivity (Wildman–Crippen MR) is 88.4 cm³/mol. The fourth-order valence-corrected chi connectivity index (χ4v) is 2.78. The molecule has 5 heteroatoms. The van der Waals surface area contributed by atoms with Gasteiger partial charge in [-0.05, 0) is 57.9 Å². The van der Waals surface area contributed by atoms with Crippen molar-refractivity contribution in [1.82, 2.24) is 9.88 Å². The van der Waals surface area contributed by atoms with E-state index in [9.17, 15) is 9.18 Å². The normalized spacial score (nSPS) is 12.2. The molecule has 1 heterocycles. The van der Waals surface area contributed by atoms with Crippen LogP contribution in [-0.2, 0) is 0 Å². The Morgan fingerprint density at radius 2 is 2.09 bits per heavy atom. The van der Waals surface area contributed by atoms with Gasteiger partial charge in [0.1, 0.15) is 5.82 Å². The summed E-state index contributed by atoms with van der Waals surface area (Å²) in [5, 5.41) is 11.8. The average Bonchev–Trinajstić information content (AvgIpc) is 2.80. The molecule has 1 aromatic heterocycles. The van der Waals surface area contributed by atoms with Gasteiger partial charge in [-0.3, -0.25) is 4.79 Å². The van der Waals surface area contributed by atoms with Gasteiger partial charge in [0.25, 0.3) is 5.91 Å². The van der Waals surface area contributed by atoms with Crippen LogP contribution < -0.4 is 5.32 Å². The number of carbonyl (C=O) groups excluding carboxylic acids is 1. The fraction of sp³-hybridized carbons (Fsp3) is 0.389. The highest BCUT2D eigenvalue weighted by molar-refractivity contribution is 5.96. The number of hydrogen-bond acceptors (Lipinski definition) is 2. The quantitative estimate of drug-likeness (QED) is 0.860. The van der Waals surface area contributed by atoms with Crippen LogP contribution in [0.1, 0.15) is 41.5 Å². The number of aliphatic hydroxyl groups is 1. The molecule has 0 aliphatic rings. The maximum absolute atomic E-state index is 13.5. The highest BCUT2D eigenvalue weighted by Crippen LogP contribution is 2.21. The van der Waals surface area contributed by atoms with E-state index in [0.29, 0.717) is 17.7 Å². The number of aromatic nitrogens is 1. The Bertz CT molecular complexity index is 694. The molecule has 4 nitrogen and oxygen atoms in total. The van der Waals surface area contributed by atoms with Gasteiger partial charge in [0.2, 0.25) is 0 Å². The summed E-state index contributed by atoms with van der Waals surface area (Å²) in [4.78, 5) is 12.4. The molecule has 2 rings (SSSR count). The minimum atomic E-state index is -0.307. The molecule has 0 fully saturated rings. The molecule has 0 bridgehead atoms. The lowest BCUT2D eigenvalue weighted by molar-refractivity contribution is 0.0936. The van der Waals surface area contributed by atoms with Crippen molar-refractivity contribution >= 4 is 5.91 Å². The number of carbonyl (C=O) groups is 1. The Morgan fingerprint density at radius 1 is 1.35 bits per heavy atom. The fourth-order valence-electron chi connectivity index (χ4n) is 2.78. The molecule has 0 radical (unpaired) electrons. The molecule has 1 aromatic carbocycles. The first-order valence-electron chi connectivity index (χ1n) is 7.80. The van der Waals surface area contributed by atoms with Crippen molar-refractivity contribution < 1.29 is 14.3 Å². The first-order valence-corrected chi connectivity index (χ1v) is 7.80. The zero-order chi connectivity index (χ0) is 17.0. The zero-order valence-corrected chi connectivity index (χ0v) is 13.8. The number of nitrogens with zero attached hydrogens (tertiary/aromatic N) is 1. The molecule has 1 amide bonds. The number of halogens is 1. The van der Waals surface area contributed by atoms with Gasteiger partial charge in [-0.2, -0.15) is 0 Å². The molecule has 0 aliphatic heterocycles.